The van der Waals surface area contributed by atoms with E-state index in [1.165, 1.54) is 6.20 Å². The first-order valence-corrected chi connectivity index (χ1v) is 6.15. The van der Waals surface area contributed by atoms with Crippen molar-refractivity contribution in [2.75, 3.05) is 7.05 Å². The smallest absolute Gasteiger partial charge is 0.256 e. The highest BCUT2D eigenvalue weighted by Gasteiger charge is 2.26. The van der Waals surface area contributed by atoms with E-state index >= 15 is 0 Å². The third-order valence-electron chi connectivity index (χ3n) is 2.49. The Morgan fingerprint density at radius 1 is 1.50 bits per heavy atom. The summed E-state index contributed by atoms with van der Waals surface area (Å²) in [6.07, 6.45) is 3.83. The molecule has 0 spiro atoms. The number of hydrogen-bond acceptors (Lipinski definition) is 4. The lowest BCUT2D eigenvalue weighted by atomic mass is 10.2. The Hall–Kier alpha value is -1.78. The maximum atomic E-state index is 11.7. The van der Waals surface area contributed by atoms with Crippen LogP contribution in [0.1, 0.15) is 37.0 Å². The van der Waals surface area contributed by atoms with Crippen LogP contribution in [0.3, 0.4) is 0 Å². The molecule has 1 aliphatic rings. The molecule has 1 heterocycles. The number of carbonyl (C=O) groups is 1. The molecular weight excluding hydrogens is 232 g/mol. The minimum atomic E-state index is -0.200. The maximum absolute atomic E-state index is 11.7. The molecule has 1 aromatic heterocycles. The Morgan fingerprint density at radius 3 is 2.78 bits per heavy atom. The predicted molar refractivity (Wildman–Crippen MR) is 67.0 cm³/mol. The summed E-state index contributed by atoms with van der Waals surface area (Å²) in [5.74, 6) is 0.824. The van der Waals surface area contributed by atoms with Crippen molar-refractivity contribution in [1.82, 2.24) is 10.3 Å². The van der Waals surface area contributed by atoms with Crippen LogP contribution in [0, 0.1) is 0 Å². The first-order chi connectivity index (χ1) is 8.60. The average molecular weight is 250 g/mol. The summed E-state index contributed by atoms with van der Waals surface area (Å²) < 4.78 is 11.2. The number of carbonyl (C=O) groups excluding carboxylic acids is 1. The van der Waals surface area contributed by atoms with Crippen LogP contribution < -0.4 is 14.8 Å². The van der Waals surface area contributed by atoms with E-state index in [0.29, 0.717) is 17.2 Å². The molecular formula is C13H18N2O3. The molecule has 0 aliphatic heterocycles. The summed E-state index contributed by atoms with van der Waals surface area (Å²) in [6, 6.07) is 1.68. The van der Waals surface area contributed by atoms with Gasteiger partial charge in [0.05, 0.1) is 17.8 Å². The number of ether oxygens (including phenoxy) is 2. The summed E-state index contributed by atoms with van der Waals surface area (Å²) in [5, 5.41) is 2.58. The van der Waals surface area contributed by atoms with Gasteiger partial charge in [0.25, 0.3) is 5.91 Å². The number of amides is 1. The van der Waals surface area contributed by atoms with Crippen molar-refractivity contribution < 1.29 is 14.3 Å². The van der Waals surface area contributed by atoms with E-state index in [4.69, 9.17) is 9.47 Å². The maximum Gasteiger partial charge on any atom is 0.256 e. The van der Waals surface area contributed by atoms with Crippen LogP contribution in [0.15, 0.2) is 12.3 Å². The summed E-state index contributed by atoms with van der Waals surface area (Å²) in [4.78, 5) is 15.8. The monoisotopic (exact) mass is 250 g/mol. The molecule has 5 heteroatoms. The van der Waals surface area contributed by atoms with Crippen molar-refractivity contribution >= 4 is 5.91 Å². The molecule has 1 aliphatic carbocycles. The molecule has 2 rings (SSSR count). The highest BCUT2D eigenvalue weighted by atomic mass is 16.5. The van der Waals surface area contributed by atoms with Crippen LogP contribution in [0.4, 0.5) is 0 Å². The fourth-order valence-electron chi connectivity index (χ4n) is 1.49. The zero-order chi connectivity index (χ0) is 13.1. The molecule has 1 N–H and O–H groups in total. The predicted octanol–water partition coefficient (Wildman–Crippen LogP) is 1.77. The van der Waals surface area contributed by atoms with Gasteiger partial charge in [-0.3, -0.25) is 4.79 Å². The summed E-state index contributed by atoms with van der Waals surface area (Å²) >= 11 is 0. The Labute approximate surface area is 107 Å². The quantitative estimate of drug-likeness (QED) is 0.865. The zero-order valence-electron chi connectivity index (χ0n) is 10.9. The zero-order valence-corrected chi connectivity index (χ0v) is 10.9. The summed E-state index contributed by atoms with van der Waals surface area (Å²) in [6.45, 7) is 3.85. The van der Waals surface area contributed by atoms with Crippen LogP contribution in [-0.4, -0.2) is 30.1 Å². The second-order valence-electron chi connectivity index (χ2n) is 4.58. The van der Waals surface area contributed by atoms with Gasteiger partial charge in [0, 0.05) is 19.3 Å². The normalized spacial score (nSPS) is 14.4. The molecule has 98 valence electrons. The molecule has 0 atom stereocenters. The molecule has 0 bridgehead atoms. The number of hydrogen-bond donors (Lipinski definition) is 1. The van der Waals surface area contributed by atoms with Gasteiger partial charge in [-0.25, -0.2) is 4.98 Å². The van der Waals surface area contributed by atoms with E-state index in [-0.39, 0.29) is 18.1 Å². The van der Waals surface area contributed by atoms with E-state index in [1.807, 2.05) is 13.8 Å². The third kappa shape index (κ3) is 3.12. The Kier molecular flexibility index (Phi) is 3.69. The lowest BCUT2D eigenvalue weighted by molar-refractivity contribution is 0.0958. The van der Waals surface area contributed by atoms with Gasteiger partial charge in [-0.1, -0.05) is 0 Å². The molecule has 0 saturated heterocycles. The van der Waals surface area contributed by atoms with Crippen LogP contribution in [-0.2, 0) is 0 Å². The second-order valence-corrected chi connectivity index (χ2v) is 4.58. The van der Waals surface area contributed by atoms with Gasteiger partial charge in [-0.2, -0.15) is 0 Å². The van der Waals surface area contributed by atoms with E-state index in [2.05, 4.69) is 10.3 Å². The van der Waals surface area contributed by atoms with Crippen molar-refractivity contribution in [3.8, 4) is 11.6 Å². The van der Waals surface area contributed by atoms with Crippen molar-refractivity contribution in [3.63, 3.8) is 0 Å². The summed E-state index contributed by atoms with van der Waals surface area (Å²) in [5.41, 5.74) is 0.445. The SMILES string of the molecule is CNC(=O)c1cnc(OC(C)C)cc1OC1CC1. The second kappa shape index (κ2) is 5.25. The van der Waals surface area contributed by atoms with Crippen molar-refractivity contribution in [2.45, 2.75) is 38.9 Å². The van der Waals surface area contributed by atoms with E-state index in [0.717, 1.165) is 12.8 Å². The number of rotatable bonds is 5. The number of nitrogens with zero attached hydrogens (tertiary/aromatic N) is 1. The van der Waals surface area contributed by atoms with E-state index < -0.39 is 0 Å². The van der Waals surface area contributed by atoms with Crippen LogP contribution in [0.25, 0.3) is 0 Å². The molecule has 5 nitrogen and oxygen atoms in total. The number of pyridine rings is 1. The standard InChI is InChI=1S/C13H18N2O3/c1-8(2)17-12-6-11(18-9-4-5-9)10(7-15-12)13(16)14-3/h6-9H,4-5H2,1-3H3,(H,14,16). The van der Waals surface area contributed by atoms with Gasteiger partial charge in [0.2, 0.25) is 5.88 Å². The van der Waals surface area contributed by atoms with Crippen LogP contribution >= 0.6 is 0 Å². The first kappa shape index (κ1) is 12.7. The van der Waals surface area contributed by atoms with Gasteiger partial charge in [-0.05, 0) is 26.7 Å². The van der Waals surface area contributed by atoms with Crippen molar-refractivity contribution in [2.24, 2.45) is 0 Å². The van der Waals surface area contributed by atoms with Crippen molar-refractivity contribution in [1.29, 1.82) is 0 Å². The van der Waals surface area contributed by atoms with Gasteiger partial charge in [0.15, 0.2) is 0 Å². The molecule has 0 aromatic carbocycles. The topological polar surface area (TPSA) is 60.5 Å². The molecule has 0 radical (unpaired) electrons. The minimum Gasteiger partial charge on any atom is -0.489 e. The van der Waals surface area contributed by atoms with E-state index in [9.17, 15) is 4.79 Å². The molecule has 1 fully saturated rings. The van der Waals surface area contributed by atoms with Crippen LogP contribution in [0.5, 0.6) is 11.6 Å². The fraction of sp³-hybridized carbons (Fsp3) is 0.538. The van der Waals surface area contributed by atoms with Gasteiger partial charge in [-0.15, -0.1) is 0 Å². The molecule has 0 unspecified atom stereocenters. The number of nitrogens with one attached hydrogen (secondary N) is 1. The highest BCUT2D eigenvalue weighted by Crippen LogP contribution is 2.31. The Bertz CT molecular complexity index is 442. The molecule has 1 saturated carbocycles. The van der Waals surface area contributed by atoms with Gasteiger partial charge >= 0.3 is 0 Å². The molecule has 18 heavy (non-hydrogen) atoms. The Balaban J connectivity index is 2.25. The average Bonchev–Trinajstić information content (AvgIpc) is 3.11. The summed E-state index contributed by atoms with van der Waals surface area (Å²) in [7, 11) is 1.59. The lowest BCUT2D eigenvalue weighted by Gasteiger charge is -2.13. The highest BCUT2D eigenvalue weighted by molar-refractivity contribution is 5.96. The largest absolute Gasteiger partial charge is 0.489 e. The van der Waals surface area contributed by atoms with Gasteiger partial charge in [0.1, 0.15) is 5.75 Å². The molecule has 1 amide bonds. The van der Waals surface area contributed by atoms with Crippen molar-refractivity contribution in [3.05, 3.63) is 17.8 Å². The van der Waals surface area contributed by atoms with E-state index in [1.54, 1.807) is 13.1 Å². The lowest BCUT2D eigenvalue weighted by Crippen LogP contribution is -2.20. The van der Waals surface area contributed by atoms with Gasteiger partial charge < -0.3 is 14.8 Å². The molecule has 1 aromatic rings. The minimum absolute atomic E-state index is 0.0390. The van der Waals surface area contributed by atoms with Crippen LogP contribution in [0.2, 0.25) is 0 Å². The number of aromatic nitrogens is 1. The fourth-order valence-corrected chi connectivity index (χ4v) is 1.49. The third-order valence-corrected chi connectivity index (χ3v) is 2.49. The Morgan fingerprint density at radius 2 is 2.22 bits per heavy atom. The first-order valence-electron chi connectivity index (χ1n) is 6.15.